The van der Waals surface area contributed by atoms with Crippen LogP contribution >= 0.6 is 0 Å². The fourth-order valence-electron chi connectivity index (χ4n) is 3.35. The van der Waals surface area contributed by atoms with Gasteiger partial charge in [-0.1, -0.05) is 72.1 Å². The molecule has 0 amide bonds. The Hall–Kier alpha value is -0.370. The Morgan fingerprint density at radius 2 is 1.50 bits per heavy atom. The van der Waals surface area contributed by atoms with Gasteiger partial charge in [0.25, 0.3) is 0 Å². The van der Waals surface area contributed by atoms with E-state index < -0.39 is 0 Å². The smallest absolute Gasteiger partial charge is 0.133 e. The zero-order chi connectivity index (χ0) is 16.2. The van der Waals surface area contributed by atoms with E-state index in [1.54, 1.807) is 0 Å². The minimum absolute atomic E-state index is 0.321. The van der Waals surface area contributed by atoms with Crippen molar-refractivity contribution in [3.05, 3.63) is 0 Å². The highest BCUT2D eigenvalue weighted by Crippen LogP contribution is 2.29. The first-order valence-electron chi connectivity index (χ1n) is 9.78. The van der Waals surface area contributed by atoms with Gasteiger partial charge in [-0.15, -0.1) is 0 Å². The molecule has 3 atom stereocenters. The SMILES string of the molecule is CCCCCCCCCCCC(=O)CCC1OCC(C)C1C. The van der Waals surface area contributed by atoms with Gasteiger partial charge >= 0.3 is 0 Å². The molecule has 0 radical (unpaired) electrons. The third-order valence-electron chi connectivity index (χ3n) is 5.32. The van der Waals surface area contributed by atoms with Gasteiger partial charge in [0.2, 0.25) is 0 Å². The van der Waals surface area contributed by atoms with Gasteiger partial charge < -0.3 is 4.74 Å². The molecule has 0 aliphatic carbocycles. The summed E-state index contributed by atoms with van der Waals surface area (Å²) >= 11 is 0. The zero-order valence-corrected chi connectivity index (χ0v) is 15.2. The number of carbonyl (C=O) groups excluding carboxylic acids is 1. The van der Waals surface area contributed by atoms with E-state index in [-0.39, 0.29) is 0 Å². The van der Waals surface area contributed by atoms with Gasteiger partial charge in [-0.25, -0.2) is 0 Å². The quantitative estimate of drug-likeness (QED) is 0.394. The highest BCUT2D eigenvalue weighted by Gasteiger charge is 2.30. The molecule has 0 N–H and O–H groups in total. The van der Waals surface area contributed by atoms with Crippen LogP contribution in [0.5, 0.6) is 0 Å². The van der Waals surface area contributed by atoms with Gasteiger partial charge in [0.15, 0.2) is 0 Å². The standard InChI is InChI=1S/C20H38O2/c1-4-5-6-7-8-9-10-11-12-13-19(21)14-15-20-18(3)17(2)16-22-20/h17-18,20H,4-16H2,1-3H3. The summed E-state index contributed by atoms with van der Waals surface area (Å²) in [6.45, 7) is 7.64. The molecule has 0 spiro atoms. The minimum Gasteiger partial charge on any atom is -0.378 e. The lowest BCUT2D eigenvalue weighted by Gasteiger charge is -2.15. The van der Waals surface area contributed by atoms with Crippen LogP contribution in [0.25, 0.3) is 0 Å². The summed E-state index contributed by atoms with van der Waals surface area (Å²) in [7, 11) is 0. The van der Waals surface area contributed by atoms with Crippen molar-refractivity contribution in [1.29, 1.82) is 0 Å². The molecule has 1 aliphatic rings. The second-order valence-electron chi connectivity index (χ2n) is 7.36. The molecule has 0 aromatic rings. The molecule has 22 heavy (non-hydrogen) atoms. The normalized spacial score (nSPS) is 24.8. The lowest BCUT2D eigenvalue weighted by Crippen LogP contribution is -2.17. The Morgan fingerprint density at radius 3 is 2.05 bits per heavy atom. The summed E-state index contributed by atoms with van der Waals surface area (Å²) in [6, 6.07) is 0. The lowest BCUT2D eigenvalue weighted by atomic mass is 9.91. The first-order valence-corrected chi connectivity index (χ1v) is 9.78. The summed E-state index contributed by atoms with van der Waals surface area (Å²) in [5, 5.41) is 0. The summed E-state index contributed by atoms with van der Waals surface area (Å²) in [6.07, 6.45) is 14.6. The number of hydrogen-bond donors (Lipinski definition) is 0. The fourth-order valence-corrected chi connectivity index (χ4v) is 3.35. The van der Waals surface area contributed by atoms with Crippen LogP contribution in [-0.4, -0.2) is 18.5 Å². The van der Waals surface area contributed by atoms with Crippen molar-refractivity contribution in [2.24, 2.45) is 11.8 Å². The molecule has 0 bridgehead atoms. The molecule has 0 aromatic carbocycles. The fraction of sp³-hybridized carbons (Fsp3) is 0.950. The van der Waals surface area contributed by atoms with E-state index in [0.717, 1.165) is 32.3 Å². The third-order valence-corrected chi connectivity index (χ3v) is 5.32. The van der Waals surface area contributed by atoms with Crippen molar-refractivity contribution in [3.8, 4) is 0 Å². The van der Waals surface area contributed by atoms with E-state index in [4.69, 9.17) is 4.74 Å². The maximum absolute atomic E-state index is 11.9. The van der Waals surface area contributed by atoms with E-state index in [1.807, 2.05) is 0 Å². The van der Waals surface area contributed by atoms with Crippen molar-refractivity contribution in [2.75, 3.05) is 6.61 Å². The van der Waals surface area contributed by atoms with Gasteiger partial charge in [0, 0.05) is 19.4 Å². The van der Waals surface area contributed by atoms with Crippen LogP contribution < -0.4 is 0 Å². The average Bonchev–Trinajstić information content (AvgIpc) is 2.83. The molecular formula is C20H38O2. The molecule has 3 unspecified atom stereocenters. The highest BCUT2D eigenvalue weighted by molar-refractivity contribution is 5.78. The van der Waals surface area contributed by atoms with Gasteiger partial charge in [-0.2, -0.15) is 0 Å². The summed E-state index contributed by atoms with van der Waals surface area (Å²) < 4.78 is 5.77. The Balaban J connectivity index is 1.89. The van der Waals surface area contributed by atoms with E-state index in [9.17, 15) is 4.79 Å². The average molecular weight is 311 g/mol. The Bertz CT molecular complexity index is 287. The van der Waals surface area contributed by atoms with Crippen LogP contribution in [0.4, 0.5) is 0 Å². The molecule has 2 nitrogen and oxygen atoms in total. The van der Waals surface area contributed by atoms with Crippen LogP contribution in [-0.2, 0) is 9.53 Å². The number of hydrogen-bond acceptors (Lipinski definition) is 2. The molecule has 2 heteroatoms. The molecule has 1 heterocycles. The number of rotatable bonds is 13. The molecular weight excluding hydrogens is 272 g/mol. The van der Waals surface area contributed by atoms with Crippen LogP contribution in [0, 0.1) is 11.8 Å². The minimum atomic E-state index is 0.321. The van der Waals surface area contributed by atoms with Crippen molar-refractivity contribution in [3.63, 3.8) is 0 Å². The summed E-state index contributed by atoms with van der Waals surface area (Å²) in [5.74, 6) is 1.70. The maximum atomic E-state index is 11.9. The highest BCUT2D eigenvalue weighted by atomic mass is 16.5. The summed E-state index contributed by atoms with van der Waals surface area (Å²) in [5.41, 5.74) is 0. The zero-order valence-electron chi connectivity index (χ0n) is 15.2. The van der Waals surface area contributed by atoms with Gasteiger partial charge in [-0.3, -0.25) is 4.79 Å². The largest absolute Gasteiger partial charge is 0.378 e. The molecule has 1 fully saturated rings. The first kappa shape index (κ1) is 19.7. The topological polar surface area (TPSA) is 26.3 Å². The second-order valence-corrected chi connectivity index (χ2v) is 7.36. The number of ketones is 1. The molecule has 1 aliphatic heterocycles. The molecule has 130 valence electrons. The van der Waals surface area contributed by atoms with Crippen LogP contribution in [0.2, 0.25) is 0 Å². The van der Waals surface area contributed by atoms with E-state index in [2.05, 4.69) is 20.8 Å². The summed E-state index contributed by atoms with van der Waals surface area (Å²) in [4.78, 5) is 11.9. The molecule has 0 saturated carbocycles. The van der Waals surface area contributed by atoms with Crippen molar-refractivity contribution in [1.82, 2.24) is 0 Å². The van der Waals surface area contributed by atoms with Crippen LogP contribution in [0.15, 0.2) is 0 Å². The number of carbonyl (C=O) groups is 1. The number of unbranched alkanes of at least 4 members (excludes halogenated alkanes) is 8. The number of Topliss-reactive ketones (excluding diaryl/α,β-unsaturated/α-hetero) is 1. The van der Waals surface area contributed by atoms with Gasteiger partial charge in [-0.05, 0) is 24.7 Å². The molecule has 1 rings (SSSR count). The maximum Gasteiger partial charge on any atom is 0.133 e. The van der Waals surface area contributed by atoms with Crippen molar-refractivity contribution in [2.45, 2.75) is 104 Å². The first-order chi connectivity index (χ1) is 10.6. The van der Waals surface area contributed by atoms with Crippen LogP contribution in [0.1, 0.15) is 97.8 Å². The van der Waals surface area contributed by atoms with Gasteiger partial charge in [0.05, 0.1) is 6.10 Å². The Morgan fingerprint density at radius 1 is 0.909 bits per heavy atom. The Labute approximate surface area is 138 Å². The monoisotopic (exact) mass is 310 g/mol. The van der Waals surface area contributed by atoms with Crippen LogP contribution in [0.3, 0.4) is 0 Å². The van der Waals surface area contributed by atoms with E-state index >= 15 is 0 Å². The Kier molecular flexibility index (Phi) is 10.8. The second kappa shape index (κ2) is 12.1. The van der Waals surface area contributed by atoms with E-state index in [1.165, 1.54) is 51.4 Å². The van der Waals surface area contributed by atoms with Gasteiger partial charge in [0.1, 0.15) is 5.78 Å². The van der Waals surface area contributed by atoms with Crippen molar-refractivity contribution < 1.29 is 9.53 Å². The number of ether oxygens (including phenoxy) is 1. The van der Waals surface area contributed by atoms with E-state index in [0.29, 0.717) is 23.7 Å². The third kappa shape index (κ3) is 8.31. The lowest BCUT2D eigenvalue weighted by molar-refractivity contribution is -0.119. The predicted octanol–water partition coefficient (Wildman–Crippen LogP) is 5.93. The van der Waals surface area contributed by atoms with Crippen molar-refractivity contribution >= 4 is 5.78 Å². The molecule has 1 saturated heterocycles. The predicted molar refractivity (Wildman–Crippen MR) is 94.2 cm³/mol. The molecule has 0 aromatic heterocycles.